The Kier molecular flexibility index (Phi) is 4.67. The molecule has 0 saturated carbocycles. The van der Waals surface area contributed by atoms with Gasteiger partial charge in [0.1, 0.15) is 11.6 Å². The van der Waals surface area contributed by atoms with E-state index in [-0.39, 0.29) is 18.6 Å². The summed E-state index contributed by atoms with van der Waals surface area (Å²) in [6.45, 7) is 0.658. The quantitative estimate of drug-likeness (QED) is 0.873. The zero-order valence-electron chi connectivity index (χ0n) is 11.0. The number of hydrogen-bond donors (Lipinski definition) is 2. The Balaban J connectivity index is 2.05. The number of carbonyl (C=O) groups is 1. The first-order chi connectivity index (χ1) is 9.56. The highest BCUT2D eigenvalue weighted by Gasteiger charge is 2.33. The van der Waals surface area contributed by atoms with Gasteiger partial charge in [0.15, 0.2) is 0 Å². The van der Waals surface area contributed by atoms with Gasteiger partial charge in [-0.1, -0.05) is 6.07 Å². The van der Waals surface area contributed by atoms with Gasteiger partial charge >= 0.3 is 0 Å². The molecule has 0 bridgehead atoms. The minimum atomic E-state index is -0.753. The molecule has 2 rings (SSSR count). The van der Waals surface area contributed by atoms with Crippen molar-refractivity contribution in [1.82, 2.24) is 5.32 Å². The first-order valence-corrected chi connectivity index (χ1v) is 6.49. The summed E-state index contributed by atoms with van der Waals surface area (Å²) in [6.07, 6.45) is 0.575. The Labute approximate surface area is 115 Å². The standard InChI is InChI=1S/C14H17F2NO3/c15-11-2-1-3-12(16)10(11)8-13(19)17-14(9-18)4-6-20-7-5-14/h1-3,18H,4-9H2,(H,17,19). The van der Waals surface area contributed by atoms with Crippen LogP contribution >= 0.6 is 0 Å². The number of hydrogen-bond acceptors (Lipinski definition) is 3. The van der Waals surface area contributed by atoms with Crippen molar-refractivity contribution in [3.05, 3.63) is 35.4 Å². The molecule has 0 spiro atoms. The lowest BCUT2D eigenvalue weighted by Crippen LogP contribution is -2.55. The zero-order valence-corrected chi connectivity index (χ0v) is 11.0. The fourth-order valence-corrected chi connectivity index (χ4v) is 2.29. The minimum absolute atomic E-state index is 0.220. The van der Waals surface area contributed by atoms with Crippen LogP contribution in [0.3, 0.4) is 0 Å². The second kappa shape index (κ2) is 6.28. The van der Waals surface area contributed by atoms with Crippen LogP contribution in [-0.2, 0) is 16.0 Å². The van der Waals surface area contributed by atoms with Gasteiger partial charge in [-0.15, -0.1) is 0 Å². The van der Waals surface area contributed by atoms with Gasteiger partial charge in [-0.3, -0.25) is 4.79 Å². The fraction of sp³-hybridized carbons (Fsp3) is 0.500. The highest BCUT2D eigenvalue weighted by atomic mass is 19.1. The van der Waals surface area contributed by atoms with Gasteiger partial charge in [-0.2, -0.15) is 0 Å². The summed E-state index contributed by atoms with van der Waals surface area (Å²) in [7, 11) is 0. The van der Waals surface area contributed by atoms with Crippen molar-refractivity contribution in [3.8, 4) is 0 Å². The molecule has 1 fully saturated rings. The fourth-order valence-electron chi connectivity index (χ4n) is 2.29. The Morgan fingerprint density at radius 1 is 1.30 bits per heavy atom. The molecule has 2 N–H and O–H groups in total. The smallest absolute Gasteiger partial charge is 0.225 e. The molecule has 1 heterocycles. The number of halogens is 2. The molecule has 1 saturated heterocycles. The first-order valence-electron chi connectivity index (χ1n) is 6.49. The summed E-state index contributed by atoms with van der Waals surface area (Å²) < 4.78 is 32.1. The van der Waals surface area contributed by atoms with Crippen molar-refractivity contribution in [2.45, 2.75) is 24.8 Å². The number of benzene rings is 1. The lowest BCUT2D eigenvalue weighted by Gasteiger charge is -2.36. The van der Waals surface area contributed by atoms with E-state index < -0.39 is 23.1 Å². The summed E-state index contributed by atoms with van der Waals surface area (Å²) in [5.74, 6) is -2.00. The minimum Gasteiger partial charge on any atom is -0.394 e. The predicted octanol–water partition coefficient (Wildman–Crippen LogP) is 1.17. The molecule has 1 aromatic rings. The number of aliphatic hydroxyl groups is 1. The Hall–Kier alpha value is -1.53. The van der Waals surface area contributed by atoms with Crippen LogP contribution in [0.4, 0.5) is 8.78 Å². The molecule has 110 valence electrons. The van der Waals surface area contributed by atoms with E-state index >= 15 is 0 Å². The lowest BCUT2D eigenvalue weighted by molar-refractivity contribution is -0.124. The Bertz CT molecular complexity index is 467. The summed E-state index contributed by atoms with van der Waals surface area (Å²) in [5.41, 5.74) is -1.01. The van der Waals surface area contributed by atoms with E-state index in [2.05, 4.69) is 5.32 Å². The van der Waals surface area contributed by atoms with E-state index in [0.717, 1.165) is 12.1 Å². The highest BCUT2D eigenvalue weighted by molar-refractivity contribution is 5.79. The van der Waals surface area contributed by atoms with Crippen molar-refractivity contribution < 1.29 is 23.4 Å². The van der Waals surface area contributed by atoms with Crippen LogP contribution in [-0.4, -0.2) is 36.4 Å². The van der Waals surface area contributed by atoms with E-state index in [9.17, 15) is 18.7 Å². The van der Waals surface area contributed by atoms with Crippen molar-refractivity contribution in [1.29, 1.82) is 0 Å². The van der Waals surface area contributed by atoms with Gasteiger partial charge in [-0.05, 0) is 25.0 Å². The molecule has 4 nitrogen and oxygen atoms in total. The van der Waals surface area contributed by atoms with E-state index in [4.69, 9.17) is 4.74 Å². The topological polar surface area (TPSA) is 58.6 Å². The molecule has 0 radical (unpaired) electrons. The number of amides is 1. The molecule has 20 heavy (non-hydrogen) atoms. The monoisotopic (exact) mass is 285 g/mol. The predicted molar refractivity (Wildman–Crippen MR) is 68.1 cm³/mol. The average molecular weight is 285 g/mol. The third kappa shape index (κ3) is 3.32. The second-order valence-electron chi connectivity index (χ2n) is 4.98. The van der Waals surface area contributed by atoms with Crippen LogP contribution in [0.25, 0.3) is 0 Å². The van der Waals surface area contributed by atoms with Crippen LogP contribution in [0.5, 0.6) is 0 Å². The van der Waals surface area contributed by atoms with E-state index in [1.165, 1.54) is 6.07 Å². The Morgan fingerprint density at radius 2 is 1.90 bits per heavy atom. The number of rotatable bonds is 4. The van der Waals surface area contributed by atoms with Crippen LogP contribution in [0.1, 0.15) is 18.4 Å². The molecule has 1 aromatic carbocycles. The number of carbonyl (C=O) groups excluding carboxylic acids is 1. The van der Waals surface area contributed by atoms with Crippen LogP contribution < -0.4 is 5.32 Å². The third-order valence-electron chi connectivity index (χ3n) is 3.56. The van der Waals surface area contributed by atoms with Crippen molar-refractivity contribution in [3.63, 3.8) is 0 Å². The van der Waals surface area contributed by atoms with E-state index in [1.54, 1.807) is 0 Å². The molecule has 6 heteroatoms. The van der Waals surface area contributed by atoms with E-state index in [1.807, 2.05) is 0 Å². The average Bonchev–Trinajstić information content (AvgIpc) is 2.44. The molecule has 1 aliphatic heterocycles. The SMILES string of the molecule is O=C(Cc1c(F)cccc1F)NC1(CO)CCOCC1. The van der Waals surface area contributed by atoms with Crippen molar-refractivity contribution in [2.75, 3.05) is 19.8 Å². The zero-order chi connectivity index (χ0) is 14.6. The maximum absolute atomic E-state index is 13.5. The van der Waals surface area contributed by atoms with Gasteiger partial charge in [0, 0.05) is 18.8 Å². The van der Waals surface area contributed by atoms with Gasteiger partial charge in [0.25, 0.3) is 0 Å². The van der Waals surface area contributed by atoms with Crippen molar-refractivity contribution in [2.24, 2.45) is 0 Å². The maximum Gasteiger partial charge on any atom is 0.225 e. The van der Waals surface area contributed by atoms with Gasteiger partial charge in [0.05, 0.1) is 18.6 Å². The van der Waals surface area contributed by atoms with Crippen molar-refractivity contribution >= 4 is 5.91 Å². The summed E-state index contributed by atoms with van der Waals surface area (Å²) >= 11 is 0. The summed E-state index contributed by atoms with van der Waals surface area (Å²) in [5, 5.41) is 12.1. The molecular formula is C14H17F2NO3. The number of ether oxygens (including phenoxy) is 1. The molecule has 0 aromatic heterocycles. The molecule has 1 aliphatic rings. The molecule has 0 unspecified atom stereocenters. The largest absolute Gasteiger partial charge is 0.394 e. The summed E-state index contributed by atoms with van der Waals surface area (Å²) in [6, 6.07) is 3.48. The molecule has 1 amide bonds. The van der Waals surface area contributed by atoms with Gasteiger partial charge in [-0.25, -0.2) is 8.78 Å². The number of nitrogens with one attached hydrogen (secondary N) is 1. The second-order valence-corrected chi connectivity index (χ2v) is 4.98. The normalized spacial score (nSPS) is 17.8. The summed E-state index contributed by atoms with van der Waals surface area (Å²) in [4.78, 5) is 12.0. The van der Waals surface area contributed by atoms with Crippen LogP contribution in [0.2, 0.25) is 0 Å². The third-order valence-corrected chi connectivity index (χ3v) is 3.56. The Morgan fingerprint density at radius 3 is 2.45 bits per heavy atom. The van der Waals surface area contributed by atoms with Gasteiger partial charge < -0.3 is 15.2 Å². The molecule has 0 atom stereocenters. The molecular weight excluding hydrogens is 268 g/mol. The van der Waals surface area contributed by atoms with Crippen LogP contribution in [0.15, 0.2) is 18.2 Å². The number of aliphatic hydroxyl groups excluding tert-OH is 1. The van der Waals surface area contributed by atoms with E-state index in [0.29, 0.717) is 26.1 Å². The lowest BCUT2D eigenvalue weighted by atomic mass is 9.90. The van der Waals surface area contributed by atoms with Gasteiger partial charge in [0.2, 0.25) is 5.91 Å². The maximum atomic E-state index is 13.5. The molecule has 0 aliphatic carbocycles. The highest BCUT2D eigenvalue weighted by Crippen LogP contribution is 2.21. The first kappa shape index (κ1) is 14.9. The van der Waals surface area contributed by atoms with Crippen LogP contribution in [0, 0.1) is 11.6 Å².